The van der Waals surface area contributed by atoms with Gasteiger partial charge in [-0.3, -0.25) is 28.4 Å². The summed E-state index contributed by atoms with van der Waals surface area (Å²) >= 11 is 6.35. The summed E-state index contributed by atoms with van der Waals surface area (Å²) in [5.74, 6) is 0.580. The van der Waals surface area contributed by atoms with Crippen molar-refractivity contribution in [3.63, 3.8) is 0 Å². The predicted octanol–water partition coefficient (Wildman–Crippen LogP) is 1.43. The molecular weight excluding hydrogens is 559 g/mol. The number of carbonyl (C=O) groups is 1. The zero-order valence-electron chi connectivity index (χ0n) is 20.2. The van der Waals surface area contributed by atoms with Crippen molar-refractivity contribution in [2.75, 3.05) is 44.7 Å². The molecule has 0 spiro atoms. The van der Waals surface area contributed by atoms with Crippen LogP contribution in [-0.4, -0.2) is 70.4 Å². The first-order valence-electron chi connectivity index (χ1n) is 11.9. The molecule has 14 heteroatoms. The standard InChI is InChI=1S/C24H25ClN6O5.2ClH/c25-17-7-19-23(28-20(32)13-36-19)27-18(17)9-26-8-16-12-29(5-6-35-16)10-15-11-30-21(33)3-1-14-2-4-22(34)31(15)24(14)30;;/h1-4,7,15-16,26H,5-6,8-13H2,(H,27,28,32);2*1H/t15-,16+;;/m1../s1. The van der Waals surface area contributed by atoms with E-state index in [9.17, 15) is 14.4 Å². The summed E-state index contributed by atoms with van der Waals surface area (Å²) in [5.41, 5.74) is 1.12. The molecule has 0 aromatic carbocycles. The van der Waals surface area contributed by atoms with Crippen LogP contribution in [0.5, 0.6) is 5.75 Å². The molecule has 1 amide bonds. The van der Waals surface area contributed by atoms with Gasteiger partial charge in [-0.25, -0.2) is 4.98 Å². The second kappa shape index (κ2) is 11.6. The molecule has 1 fully saturated rings. The molecule has 0 aliphatic carbocycles. The molecule has 3 aromatic rings. The van der Waals surface area contributed by atoms with Crippen molar-refractivity contribution in [3.05, 3.63) is 61.8 Å². The molecular formula is C24H27Cl3N6O5. The third-order valence-electron chi connectivity index (χ3n) is 6.80. The van der Waals surface area contributed by atoms with E-state index in [-0.39, 0.29) is 60.6 Å². The van der Waals surface area contributed by atoms with Crippen LogP contribution in [0.3, 0.4) is 0 Å². The van der Waals surface area contributed by atoms with E-state index in [0.717, 1.165) is 11.9 Å². The summed E-state index contributed by atoms with van der Waals surface area (Å²) in [4.78, 5) is 43.4. The molecule has 0 unspecified atom stereocenters. The van der Waals surface area contributed by atoms with Gasteiger partial charge in [0.25, 0.3) is 17.0 Å². The Bertz CT molecular complexity index is 1470. The topological polar surface area (TPSA) is 120 Å². The lowest BCUT2D eigenvalue weighted by atomic mass is 10.2. The summed E-state index contributed by atoms with van der Waals surface area (Å²) in [6.07, 6.45) is -0.0581. The van der Waals surface area contributed by atoms with Crippen molar-refractivity contribution < 1.29 is 14.3 Å². The molecule has 0 saturated carbocycles. The number of ether oxygens (including phenoxy) is 2. The van der Waals surface area contributed by atoms with Gasteiger partial charge >= 0.3 is 0 Å². The second-order valence-corrected chi connectivity index (χ2v) is 9.65. The normalized spacial score (nSPS) is 20.2. The number of rotatable bonds is 6. The highest BCUT2D eigenvalue weighted by Gasteiger charge is 2.30. The summed E-state index contributed by atoms with van der Waals surface area (Å²) in [6.45, 7) is 4.08. The summed E-state index contributed by atoms with van der Waals surface area (Å²) < 4.78 is 14.7. The fourth-order valence-corrected chi connectivity index (χ4v) is 5.36. The van der Waals surface area contributed by atoms with Crippen molar-refractivity contribution in [2.24, 2.45) is 0 Å². The third kappa shape index (κ3) is 5.40. The van der Waals surface area contributed by atoms with Crippen molar-refractivity contribution in [3.8, 4) is 5.75 Å². The van der Waals surface area contributed by atoms with Crippen LogP contribution in [0.25, 0.3) is 11.0 Å². The Kier molecular flexibility index (Phi) is 8.65. The Labute approximate surface area is 234 Å². The fourth-order valence-electron chi connectivity index (χ4n) is 5.16. The number of aromatic nitrogens is 3. The molecule has 6 heterocycles. The maximum absolute atomic E-state index is 12.7. The van der Waals surface area contributed by atoms with Crippen molar-refractivity contribution >= 4 is 59.2 Å². The number of pyridine rings is 3. The number of fused-ring (bicyclic) bond motifs is 1. The predicted molar refractivity (Wildman–Crippen MR) is 147 cm³/mol. The van der Waals surface area contributed by atoms with Crippen LogP contribution in [0.4, 0.5) is 5.82 Å². The molecule has 6 rings (SSSR count). The summed E-state index contributed by atoms with van der Waals surface area (Å²) in [6, 6.07) is 8.21. The van der Waals surface area contributed by atoms with Crippen molar-refractivity contribution in [2.45, 2.75) is 25.2 Å². The highest BCUT2D eigenvalue weighted by atomic mass is 35.5. The van der Waals surface area contributed by atoms with E-state index in [0.29, 0.717) is 67.3 Å². The van der Waals surface area contributed by atoms with E-state index in [1.807, 2.05) is 0 Å². The van der Waals surface area contributed by atoms with Crippen molar-refractivity contribution in [1.82, 2.24) is 24.3 Å². The highest BCUT2D eigenvalue weighted by molar-refractivity contribution is 6.31. The van der Waals surface area contributed by atoms with E-state index in [2.05, 4.69) is 20.5 Å². The van der Waals surface area contributed by atoms with Gasteiger partial charge in [0, 0.05) is 62.9 Å². The van der Waals surface area contributed by atoms with Crippen LogP contribution < -0.4 is 26.5 Å². The lowest BCUT2D eigenvalue weighted by Crippen LogP contribution is -2.48. The zero-order valence-corrected chi connectivity index (χ0v) is 22.6. The number of amides is 1. The number of hydrogen-bond donors (Lipinski definition) is 2. The largest absolute Gasteiger partial charge is 0.480 e. The number of nitrogens with one attached hydrogen (secondary N) is 2. The Morgan fingerprint density at radius 1 is 1.11 bits per heavy atom. The minimum absolute atomic E-state index is 0. The van der Waals surface area contributed by atoms with E-state index in [1.165, 1.54) is 0 Å². The minimum Gasteiger partial charge on any atom is -0.480 e. The molecule has 3 aromatic heterocycles. The van der Waals surface area contributed by atoms with Gasteiger partial charge in [-0.2, -0.15) is 0 Å². The van der Waals surface area contributed by atoms with E-state index in [4.69, 9.17) is 21.1 Å². The average molecular weight is 586 g/mol. The zero-order chi connectivity index (χ0) is 24.8. The van der Waals surface area contributed by atoms with Crippen LogP contribution in [0.1, 0.15) is 11.7 Å². The first-order chi connectivity index (χ1) is 17.5. The van der Waals surface area contributed by atoms with Gasteiger partial charge in [-0.05, 0) is 12.1 Å². The molecule has 1 saturated heterocycles. The van der Waals surface area contributed by atoms with Crippen molar-refractivity contribution in [1.29, 1.82) is 0 Å². The molecule has 204 valence electrons. The number of anilines is 1. The number of halogens is 3. The maximum Gasteiger partial charge on any atom is 0.263 e. The maximum atomic E-state index is 12.7. The molecule has 0 bridgehead atoms. The number of morpholine rings is 1. The Hall–Kier alpha value is -2.67. The third-order valence-corrected chi connectivity index (χ3v) is 7.13. The fraction of sp³-hybridized carbons (Fsp3) is 0.417. The molecule has 3 aliphatic rings. The molecule has 11 nitrogen and oxygen atoms in total. The van der Waals surface area contributed by atoms with Crippen LogP contribution in [0, 0.1) is 0 Å². The van der Waals surface area contributed by atoms with Gasteiger partial charge in [0.1, 0.15) is 5.65 Å². The van der Waals surface area contributed by atoms with Crippen LogP contribution >= 0.6 is 36.4 Å². The first kappa shape index (κ1) is 28.3. The quantitative estimate of drug-likeness (QED) is 0.446. The van der Waals surface area contributed by atoms with E-state index in [1.54, 1.807) is 39.5 Å². The Morgan fingerprint density at radius 3 is 2.71 bits per heavy atom. The highest BCUT2D eigenvalue weighted by Crippen LogP contribution is 2.30. The second-order valence-electron chi connectivity index (χ2n) is 9.24. The molecule has 2 atom stereocenters. The van der Waals surface area contributed by atoms with E-state index >= 15 is 0 Å². The van der Waals surface area contributed by atoms with Gasteiger partial charge in [0.2, 0.25) is 0 Å². The Morgan fingerprint density at radius 2 is 1.89 bits per heavy atom. The van der Waals surface area contributed by atoms with Gasteiger partial charge in [0.05, 0.1) is 29.5 Å². The molecule has 2 N–H and O–H groups in total. The minimum atomic E-state index is -0.249. The Balaban J connectivity index is 0.00000168. The lowest BCUT2D eigenvalue weighted by molar-refractivity contribution is -0.118. The summed E-state index contributed by atoms with van der Waals surface area (Å²) in [7, 11) is 0. The first-order valence-corrected chi connectivity index (χ1v) is 12.3. The number of hydrogen-bond acceptors (Lipinski definition) is 8. The van der Waals surface area contributed by atoms with Gasteiger partial charge in [-0.1, -0.05) is 11.6 Å². The number of nitrogens with zero attached hydrogens (tertiary/aromatic N) is 4. The van der Waals surface area contributed by atoms with E-state index < -0.39 is 0 Å². The smallest absolute Gasteiger partial charge is 0.263 e. The average Bonchev–Trinajstić information content (AvgIpc) is 3.25. The monoisotopic (exact) mass is 584 g/mol. The van der Waals surface area contributed by atoms with Crippen LogP contribution in [0.2, 0.25) is 5.02 Å². The van der Waals surface area contributed by atoms with Crippen LogP contribution in [-0.2, 0) is 22.6 Å². The van der Waals surface area contributed by atoms with Crippen LogP contribution in [0.15, 0.2) is 39.9 Å². The van der Waals surface area contributed by atoms with Gasteiger partial charge < -0.3 is 20.1 Å². The molecule has 3 aliphatic heterocycles. The molecule has 0 radical (unpaired) electrons. The lowest BCUT2D eigenvalue weighted by Gasteiger charge is -2.34. The number of carbonyl (C=O) groups excluding carboxylic acids is 1. The SMILES string of the molecule is Cl.Cl.O=C1COc2cc(Cl)c(CNC[C@H]3CN(C[C@@H]4Cn5c(=O)ccc6ccc(=O)n4c65)CCO3)nc2N1. The van der Waals surface area contributed by atoms with Gasteiger partial charge in [0.15, 0.2) is 18.2 Å². The summed E-state index contributed by atoms with van der Waals surface area (Å²) in [5, 5.41) is 7.38. The van der Waals surface area contributed by atoms with Gasteiger partial charge in [-0.15, -0.1) is 24.8 Å². The molecule has 38 heavy (non-hydrogen) atoms.